The fourth-order valence-electron chi connectivity index (χ4n) is 1.83. The van der Waals surface area contributed by atoms with Crippen LogP contribution in [0.25, 0.3) is 0 Å². The van der Waals surface area contributed by atoms with Crippen LogP contribution in [0.4, 0.5) is 8.78 Å². The van der Waals surface area contributed by atoms with Crippen molar-refractivity contribution >= 4 is 0 Å². The van der Waals surface area contributed by atoms with E-state index in [2.05, 4.69) is 11.9 Å². The zero-order valence-corrected chi connectivity index (χ0v) is 10.4. The maximum Gasteiger partial charge on any atom is 0.130 e. The van der Waals surface area contributed by atoms with Crippen LogP contribution >= 0.6 is 0 Å². The molecule has 0 saturated heterocycles. The Bertz CT molecular complexity index is 368. The highest BCUT2D eigenvalue weighted by atomic mass is 19.1. The zero-order valence-electron chi connectivity index (χ0n) is 10.4. The van der Waals surface area contributed by atoms with Crippen LogP contribution in [0.15, 0.2) is 30.4 Å². The van der Waals surface area contributed by atoms with Crippen LogP contribution in [0.2, 0.25) is 0 Å². The maximum atomic E-state index is 13.6. The number of rotatable bonds is 6. The van der Waals surface area contributed by atoms with Crippen LogP contribution in [-0.2, 0) is 0 Å². The van der Waals surface area contributed by atoms with E-state index in [9.17, 15) is 8.78 Å². The molecule has 94 valence electrons. The van der Waals surface area contributed by atoms with Gasteiger partial charge in [-0.3, -0.25) is 0 Å². The topological polar surface area (TPSA) is 12.0 Å². The average molecular weight is 239 g/mol. The van der Waals surface area contributed by atoms with E-state index in [0.717, 1.165) is 12.0 Å². The third-order valence-corrected chi connectivity index (χ3v) is 2.66. The molecule has 1 N–H and O–H groups in total. The highest BCUT2D eigenvalue weighted by Crippen LogP contribution is 2.25. The van der Waals surface area contributed by atoms with Crippen molar-refractivity contribution in [1.29, 1.82) is 0 Å². The molecule has 0 fully saturated rings. The van der Waals surface area contributed by atoms with Gasteiger partial charge in [-0.15, -0.1) is 6.58 Å². The maximum absolute atomic E-state index is 13.6. The molecular formula is C14H19F2N. The Kier molecular flexibility index (Phi) is 5.29. The monoisotopic (exact) mass is 239 g/mol. The number of hydrogen-bond acceptors (Lipinski definition) is 1. The number of halogens is 2. The first-order valence-corrected chi connectivity index (χ1v) is 5.88. The molecule has 1 unspecified atom stereocenters. The van der Waals surface area contributed by atoms with Crippen molar-refractivity contribution in [3.8, 4) is 0 Å². The van der Waals surface area contributed by atoms with E-state index in [4.69, 9.17) is 0 Å². The van der Waals surface area contributed by atoms with Crippen molar-refractivity contribution < 1.29 is 8.78 Å². The summed E-state index contributed by atoms with van der Waals surface area (Å²) in [6.45, 7) is 8.33. The third kappa shape index (κ3) is 3.93. The van der Waals surface area contributed by atoms with E-state index >= 15 is 0 Å². The third-order valence-electron chi connectivity index (χ3n) is 2.66. The molecule has 0 aliphatic carbocycles. The summed E-state index contributed by atoms with van der Waals surface area (Å²) < 4.78 is 27.3. The molecule has 0 amide bonds. The van der Waals surface area contributed by atoms with Gasteiger partial charge >= 0.3 is 0 Å². The average Bonchev–Trinajstić information content (AvgIpc) is 2.25. The lowest BCUT2D eigenvalue weighted by Gasteiger charge is -2.19. The van der Waals surface area contributed by atoms with Crippen molar-refractivity contribution in [2.45, 2.75) is 32.7 Å². The molecule has 0 radical (unpaired) electrons. The minimum absolute atomic E-state index is 0.135. The Morgan fingerprint density at radius 2 is 1.94 bits per heavy atom. The fraction of sp³-hybridized carbons (Fsp3) is 0.429. The van der Waals surface area contributed by atoms with Crippen molar-refractivity contribution in [2.24, 2.45) is 0 Å². The number of hydrogen-bond donors (Lipinski definition) is 1. The minimum Gasteiger partial charge on any atom is -0.310 e. The first-order chi connectivity index (χ1) is 8.06. The highest BCUT2D eigenvalue weighted by Gasteiger charge is 2.18. The predicted molar refractivity (Wildman–Crippen MR) is 66.8 cm³/mol. The van der Waals surface area contributed by atoms with Gasteiger partial charge in [-0.05, 0) is 38.4 Å². The minimum atomic E-state index is -0.488. The Hall–Kier alpha value is -1.22. The molecule has 1 nitrogen and oxygen atoms in total. The summed E-state index contributed by atoms with van der Waals surface area (Å²) in [7, 11) is 0. The summed E-state index contributed by atoms with van der Waals surface area (Å²) in [5, 5.41) is 3.11. The van der Waals surface area contributed by atoms with Gasteiger partial charge in [0.05, 0.1) is 0 Å². The summed E-state index contributed by atoms with van der Waals surface area (Å²) in [6, 6.07) is 3.68. The first kappa shape index (κ1) is 13.8. The Labute approximate surface area is 102 Å². The second kappa shape index (κ2) is 6.50. The lowest BCUT2D eigenvalue weighted by Crippen LogP contribution is -2.23. The summed E-state index contributed by atoms with van der Waals surface area (Å²) in [5.41, 5.74) is 1.15. The highest BCUT2D eigenvalue weighted by molar-refractivity contribution is 5.23. The Morgan fingerprint density at radius 3 is 2.41 bits per heavy atom. The van der Waals surface area contributed by atoms with Crippen LogP contribution in [-0.4, -0.2) is 6.54 Å². The summed E-state index contributed by atoms with van der Waals surface area (Å²) in [6.07, 6.45) is 1.41. The van der Waals surface area contributed by atoms with Crippen LogP contribution in [0.5, 0.6) is 0 Å². The number of nitrogens with one attached hydrogen (secondary N) is 1. The molecule has 0 aliphatic rings. The van der Waals surface area contributed by atoms with E-state index in [-0.39, 0.29) is 11.6 Å². The quantitative estimate of drug-likeness (QED) is 0.741. The first-order valence-electron chi connectivity index (χ1n) is 5.88. The summed E-state index contributed by atoms with van der Waals surface area (Å²) in [4.78, 5) is 0. The molecule has 0 saturated carbocycles. The predicted octanol–water partition coefficient (Wildman–Crippen LogP) is 3.97. The van der Waals surface area contributed by atoms with E-state index in [1.807, 2.05) is 13.8 Å². The van der Waals surface area contributed by atoms with Crippen molar-refractivity contribution in [2.75, 3.05) is 6.54 Å². The van der Waals surface area contributed by atoms with Crippen LogP contribution in [0.3, 0.4) is 0 Å². The molecule has 0 aromatic heterocycles. The van der Waals surface area contributed by atoms with Gasteiger partial charge in [0.1, 0.15) is 11.6 Å². The SMILES string of the molecule is C=C(C)CCC(NCC)c1c(F)cccc1F. The molecule has 0 bridgehead atoms. The van der Waals surface area contributed by atoms with Gasteiger partial charge in [-0.25, -0.2) is 8.78 Å². The molecule has 0 heterocycles. The number of benzene rings is 1. The van der Waals surface area contributed by atoms with Crippen LogP contribution in [0.1, 0.15) is 38.3 Å². The molecule has 0 aliphatic heterocycles. The molecule has 1 aromatic carbocycles. The smallest absolute Gasteiger partial charge is 0.130 e. The van der Waals surface area contributed by atoms with Crippen LogP contribution in [0, 0.1) is 11.6 Å². The second-order valence-corrected chi connectivity index (χ2v) is 4.24. The summed E-state index contributed by atoms with van der Waals surface area (Å²) in [5.74, 6) is -0.977. The number of allylic oxidation sites excluding steroid dienone is 1. The van der Waals surface area contributed by atoms with E-state index < -0.39 is 11.6 Å². The Morgan fingerprint density at radius 1 is 1.35 bits per heavy atom. The van der Waals surface area contributed by atoms with Gasteiger partial charge in [0.25, 0.3) is 0 Å². The van der Waals surface area contributed by atoms with Crippen molar-refractivity contribution in [1.82, 2.24) is 5.32 Å². The van der Waals surface area contributed by atoms with E-state index in [1.54, 1.807) is 0 Å². The molecule has 1 atom stereocenters. The van der Waals surface area contributed by atoms with Crippen LogP contribution < -0.4 is 5.32 Å². The lowest BCUT2D eigenvalue weighted by molar-refractivity contribution is 0.454. The molecule has 3 heteroatoms. The normalized spacial score (nSPS) is 12.5. The molecule has 17 heavy (non-hydrogen) atoms. The standard InChI is InChI=1S/C14H19F2N/c1-4-17-13(9-8-10(2)3)14-11(15)6-5-7-12(14)16/h5-7,13,17H,2,4,8-9H2,1,3H3. The van der Waals surface area contributed by atoms with Gasteiger partial charge in [0.15, 0.2) is 0 Å². The molecule has 1 aromatic rings. The fourth-order valence-corrected chi connectivity index (χ4v) is 1.83. The zero-order chi connectivity index (χ0) is 12.8. The van der Waals surface area contributed by atoms with Gasteiger partial charge < -0.3 is 5.32 Å². The second-order valence-electron chi connectivity index (χ2n) is 4.24. The van der Waals surface area contributed by atoms with E-state index in [0.29, 0.717) is 13.0 Å². The molecular weight excluding hydrogens is 220 g/mol. The molecule has 0 spiro atoms. The summed E-state index contributed by atoms with van der Waals surface area (Å²) >= 11 is 0. The van der Waals surface area contributed by atoms with Gasteiger partial charge in [0, 0.05) is 11.6 Å². The van der Waals surface area contributed by atoms with Crippen molar-refractivity contribution in [3.05, 3.63) is 47.5 Å². The lowest BCUT2D eigenvalue weighted by atomic mass is 9.99. The van der Waals surface area contributed by atoms with Gasteiger partial charge in [0.2, 0.25) is 0 Å². The largest absolute Gasteiger partial charge is 0.310 e. The van der Waals surface area contributed by atoms with E-state index in [1.165, 1.54) is 18.2 Å². The Balaban J connectivity index is 2.92. The van der Waals surface area contributed by atoms with Crippen molar-refractivity contribution in [3.63, 3.8) is 0 Å². The van der Waals surface area contributed by atoms with Gasteiger partial charge in [-0.1, -0.05) is 18.6 Å². The molecule has 1 rings (SSSR count). The van der Waals surface area contributed by atoms with Gasteiger partial charge in [-0.2, -0.15) is 0 Å².